The molecule has 0 fully saturated rings. The van der Waals surface area contributed by atoms with Gasteiger partial charge in [0.1, 0.15) is 5.75 Å². The third-order valence-electron chi connectivity index (χ3n) is 5.86. The number of nitrogens with one attached hydrogen (secondary N) is 1. The second-order valence-corrected chi connectivity index (χ2v) is 11.7. The Morgan fingerprint density at radius 3 is 1.98 bits per heavy atom. The molecular formula is C21H17F9N2O6S2. The lowest BCUT2D eigenvalue weighted by Crippen LogP contribution is -2.47. The number of fused-ring (bicyclic) bond motifs is 1. The summed E-state index contributed by atoms with van der Waals surface area (Å²) in [7, 11) is -10.2. The molecular weight excluding hydrogens is 611 g/mol. The van der Waals surface area contributed by atoms with E-state index in [2.05, 4.69) is 4.18 Å². The standard InChI is InChI=1S/C21H17F9N2O6S2/c1-32(18(33)20(25,26)27)13-6-7-14-15(10-13)16(38-40(36,37)21(28,29)30)8-9-17(14)39(34,35)31-12-4-2-11(3-5-12)19(22,23)24/h2-5,8-9,13,31H,6-7,10H2,1H3. The average molecular weight is 628 g/mol. The number of carbonyl (C=O) groups excluding carboxylic acids is 1. The number of amides is 1. The molecule has 19 heteroatoms. The Labute approximate surface area is 220 Å². The molecule has 1 N–H and O–H groups in total. The predicted octanol–water partition coefficient (Wildman–Crippen LogP) is 4.61. The molecule has 0 saturated heterocycles. The third-order valence-corrected chi connectivity index (χ3v) is 8.29. The minimum absolute atomic E-state index is 0.243. The van der Waals surface area contributed by atoms with Crippen molar-refractivity contribution in [3.05, 3.63) is 53.1 Å². The highest BCUT2D eigenvalue weighted by atomic mass is 32.2. The fourth-order valence-corrected chi connectivity index (χ4v) is 5.77. The van der Waals surface area contributed by atoms with Gasteiger partial charge in [-0.05, 0) is 61.2 Å². The number of likely N-dealkylation sites (N-methyl/N-ethyl adjacent to an activating group) is 1. The van der Waals surface area contributed by atoms with Crippen LogP contribution in [0.1, 0.15) is 23.1 Å². The molecule has 0 aliphatic heterocycles. The highest BCUT2D eigenvalue weighted by Crippen LogP contribution is 2.39. The van der Waals surface area contributed by atoms with Gasteiger partial charge >= 0.3 is 33.9 Å². The molecule has 0 bridgehead atoms. The van der Waals surface area contributed by atoms with Gasteiger partial charge in [0.2, 0.25) is 0 Å². The highest BCUT2D eigenvalue weighted by Gasteiger charge is 2.49. The van der Waals surface area contributed by atoms with Crippen molar-refractivity contribution in [1.29, 1.82) is 0 Å². The molecule has 0 saturated carbocycles. The van der Waals surface area contributed by atoms with Crippen LogP contribution in [0.5, 0.6) is 5.75 Å². The van der Waals surface area contributed by atoms with E-state index >= 15 is 0 Å². The van der Waals surface area contributed by atoms with Crippen LogP contribution in [0.2, 0.25) is 0 Å². The van der Waals surface area contributed by atoms with Crippen molar-refractivity contribution in [2.24, 2.45) is 0 Å². The highest BCUT2D eigenvalue weighted by molar-refractivity contribution is 7.92. The van der Waals surface area contributed by atoms with Crippen molar-refractivity contribution >= 4 is 31.7 Å². The number of alkyl halides is 9. The normalized spacial score (nSPS) is 16.7. The van der Waals surface area contributed by atoms with Crippen LogP contribution in [0, 0.1) is 0 Å². The van der Waals surface area contributed by atoms with Crippen molar-refractivity contribution in [2.45, 2.75) is 48.1 Å². The van der Waals surface area contributed by atoms with Gasteiger partial charge in [-0.25, -0.2) is 8.42 Å². The quantitative estimate of drug-likeness (QED) is 0.284. The first-order chi connectivity index (χ1) is 18.0. The number of halogens is 9. The summed E-state index contributed by atoms with van der Waals surface area (Å²) >= 11 is 0. The Hall–Kier alpha value is -3.22. The number of hydrogen-bond donors (Lipinski definition) is 1. The number of hydrogen-bond acceptors (Lipinski definition) is 6. The van der Waals surface area contributed by atoms with Crippen molar-refractivity contribution < 1.29 is 65.3 Å². The molecule has 40 heavy (non-hydrogen) atoms. The van der Waals surface area contributed by atoms with Gasteiger partial charge in [-0.3, -0.25) is 9.52 Å². The maximum absolute atomic E-state index is 13.1. The van der Waals surface area contributed by atoms with Crippen LogP contribution in [0.15, 0.2) is 41.3 Å². The van der Waals surface area contributed by atoms with Crippen molar-refractivity contribution in [2.75, 3.05) is 11.8 Å². The summed E-state index contributed by atoms with van der Waals surface area (Å²) in [6.45, 7) is 0. The van der Waals surface area contributed by atoms with Crippen LogP contribution < -0.4 is 8.91 Å². The summed E-state index contributed by atoms with van der Waals surface area (Å²) in [5.74, 6) is -3.34. The Kier molecular flexibility index (Phi) is 8.07. The number of sulfonamides is 1. The number of rotatable bonds is 6. The molecule has 1 aliphatic rings. The molecule has 8 nitrogen and oxygen atoms in total. The zero-order valence-electron chi connectivity index (χ0n) is 19.8. The van der Waals surface area contributed by atoms with E-state index in [0.717, 1.165) is 19.2 Å². The zero-order chi connectivity index (χ0) is 30.5. The number of carbonyl (C=O) groups is 1. The molecule has 1 atom stereocenters. The van der Waals surface area contributed by atoms with Gasteiger partial charge in [0, 0.05) is 24.3 Å². The van der Waals surface area contributed by atoms with Crippen molar-refractivity contribution in [1.82, 2.24) is 4.90 Å². The molecule has 2 aromatic rings. The average Bonchev–Trinajstić information content (AvgIpc) is 2.81. The molecule has 0 radical (unpaired) electrons. The maximum Gasteiger partial charge on any atom is 0.534 e. The molecule has 0 aromatic heterocycles. The minimum Gasteiger partial charge on any atom is -0.376 e. The van der Waals surface area contributed by atoms with Crippen LogP contribution in [-0.4, -0.2) is 52.4 Å². The first kappa shape index (κ1) is 31.3. The lowest BCUT2D eigenvalue weighted by Gasteiger charge is -2.34. The smallest absolute Gasteiger partial charge is 0.376 e. The lowest BCUT2D eigenvalue weighted by atomic mass is 9.87. The molecule has 3 rings (SSSR count). The van der Waals surface area contributed by atoms with Crippen molar-refractivity contribution in [3.8, 4) is 5.75 Å². The van der Waals surface area contributed by atoms with Gasteiger partial charge in [0.05, 0.1) is 10.5 Å². The van der Waals surface area contributed by atoms with Gasteiger partial charge in [0.15, 0.2) is 0 Å². The minimum atomic E-state index is -6.29. The van der Waals surface area contributed by atoms with E-state index in [9.17, 15) is 61.1 Å². The summed E-state index contributed by atoms with van der Waals surface area (Å²) in [6.07, 6.45) is -11.5. The fraction of sp³-hybridized carbons (Fsp3) is 0.381. The Morgan fingerprint density at radius 2 is 1.48 bits per heavy atom. The molecule has 1 amide bonds. The second-order valence-electron chi connectivity index (χ2n) is 8.49. The molecule has 1 aliphatic carbocycles. The summed E-state index contributed by atoms with van der Waals surface area (Å²) in [6, 6.07) is 2.59. The Balaban J connectivity index is 2.07. The lowest BCUT2D eigenvalue weighted by molar-refractivity contribution is -0.186. The Morgan fingerprint density at radius 1 is 0.900 bits per heavy atom. The monoisotopic (exact) mass is 628 g/mol. The van der Waals surface area contributed by atoms with Crippen LogP contribution in [0.4, 0.5) is 45.2 Å². The molecule has 0 heterocycles. The van der Waals surface area contributed by atoms with Gasteiger partial charge < -0.3 is 9.08 Å². The predicted molar refractivity (Wildman–Crippen MR) is 119 cm³/mol. The fourth-order valence-electron chi connectivity index (χ4n) is 3.93. The van der Waals surface area contributed by atoms with E-state index < -0.39 is 84.6 Å². The number of benzene rings is 2. The molecule has 0 spiro atoms. The van der Waals surface area contributed by atoms with Crippen molar-refractivity contribution in [3.63, 3.8) is 0 Å². The first-order valence-corrected chi connectivity index (χ1v) is 13.6. The van der Waals surface area contributed by atoms with Crippen LogP contribution in [-0.2, 0) is 44.0 Å². The van der Waals surface area contributed by atoms with Crippen LogP contribution >= 0.6 is 0 Å². The molecule has 1 unspecified atom stereocenters. The van der Waals surface area contributed by atoms with Crippen LogP contribution in [0.3, 0.4) is 0 Å². The second kappa shape index (κ2) is 10.3. The van der Waals surface area contributed by atoms with E-state index in [1.807, 2.05) is 4.72 Å². The topological polar surface area (TPSA) is 110 Å². The van der Waals surface area contributed by atoms with E-state index in [4.69, 9.17) is 0 Å². The summed E-state index contributed by atoms with van der Waals surface area (Å²) < 4.78 is 172. The van der Waals surface area contributed by atoms with Gasteiger partial charge in [-0.1, -0.05) is 0 Å². The molecule has 222 valence electrons. The number of nitrogens with zero attached hydrogens (tertiary/aromatic N) is 1. The van der Waals surface area contributed by atoms with Gasteiger partial charge in [-0.15, -0.1) is 0 Å². The summed E-state index contributed by atoms with van der Waals surface area (Å²) in [5, 5.41) is 0. The van der Waals surface area contributed by atoms with E-state index in [1.54, 1.807) is 0 Å². The summed E-state index contributed by atoms with van der Waals surface area (Å²) in [4.78, 5) is 11.3. The third kappa shape index (κ3) is 6.56. The SMILES string of the molecule is CN(C(=O)C(F)(F)F)C1CCc2c(S(=O)(=O)Nc3ccc(C(F)(F)F)cc3)ccc(OS(=O)(=O)C(F)(F)F)c2C1. The first-order valence-electron chi connectivity index (χ1n) is 10.7. The zero-order valence-corrected chi connectivity index (χ0v) is 21.4. The van der Waals surface area contributed by atoms with E-state index in [0.29, 0.717) is 24.3 Å². The largest absolute Gasteiger partial charge is 0.534 e. The molecule has 2 aromatic carbocycles. The maximum atomic E-state index is 13.1. The Bertz CT molecular complexity index is 1500. The van der Waals surface area contributed by atoms with E-state index in [-0.39, 0.29) is 22.6 Å². The van der Waals surface area contributed by atoms with Crippen LogP contribution in [0.25, 0.3) is 0 Å². The number of anilines is 1. The van der Waals surface area contributed by atoms with Gasteiger partial charge in [-0.2, -0.15) is 47.9 Å². The van der Waals surface area contributed by atoms with Gasteiger partial charge in [0.25, 0.3) is 10.0 Å². The summed E-state index contributed by atoms with van der Waals surface area (Å²) in [5.41, 5.74) is -8.19. The van der Waals surface area contributed by atoms with E-state index in [1.165, 1.54) is 0 Å².